The van der Waals surface area contributed by atoms with Crippen molar-refractivity contribution in [1.29, 1.82) is 0 Å². The van der Waals surface area contributed by atoms with Crippen LogP contribution in [-0.2, 0) is 22.6 Å². The topological polar surface area (TPSA) is 52.4 Å². The van der Waals surface area contributed by atoms with Crippen LogP contribution in [0.15, 0.2) is 24.3 Å². The van der Waals surface area contributed by atoms with Gasteiger partial charge in [-0.15, -0.1) is 0 Å². The number of hydrogen-bond donors (Lipinski definition) is 0. The van der Waals surface area contributed by atoms with Gasteiger partial charge in [-0.2, -0.15) is 5.10 Å². The second-order valence-corrected chi connectivity index (χ2v) is 7.27. The van der Waals surface area contributed by atoms with E-state index in [4.69, 9.17) is 9.47 Å². The largest absolute Gasteiger partial charge is 0.376 e. The lowest BCUT2D eigenvalue weighted by atomic mass is 10.1. The first kappa shape index (κ1) is 17.6. The molecule has 0 amide bonds. The van der Waals surface area contributed by atoms with Crippen LogP contribution >= 0.6 is 0 Å². The van der Waals surface area contributed by atoms with E-state index in [-0.39, 0.29) is 6.10 Å². The molecule has 1 aromatic carbocycles. The van der Waals surface area contributed by atoms with Gasteiger partial charge in [-0.1, -0.05) is 30.7 Å². The first-order valence-corrected chi connectivity index (χ1v) is 9.70. The van der Waals surface area contributed by atoms with E-state index in [1.165, 1.54) is 37.9 Å². The smallest absolute Gasteiger partial charge is 0.158 e. The van der Waals surface area contributed by atoms with Gasteiger partial charge in [-0.25, -0.2) is 9.67 Å². The third kappa shape index (κ3) is 4.31. The minimum absolute atomic E-state index is 0.0435. The van der Waals surface area contributed by atoms with E-state index in [9.17, 15) is 0 Å². The SMILES string of the molecule is Cc1nc(-c2ccc(CN3CCCCC3)cc2)n(CC2COCCO2)n1. The number of likely N-dealkylation sites (tertiary alicyclic amines) is 1. The van der Waals surface area contributed by atoms with Crippen molar-refractivity contribution >= 4 is 0 Å². The quantitative estimate of drug-likeness (QED) is 0.824. The molecule has 26 heavy (non-hydrogen) atoms. The first-order valence-electron chi connectivity index (χ1n) is 9.70. The van der Waals surface area contributed by atoms with Crippen molar-refractivity contribution in [2.45, 2.75) is 45.4 Å². The Balaban J connectivity index is 1.46. The van der Waals surface area contributed by atoms with Gasteiger partial charge >= 0.3 is 0 Å². The predicted octanol–water partition coefficient (Wildman–Crippen LogP) is 2.65. The van der Waals surface area contributed by atoms with Crippen molar-refractivity contribution in [2.75, 3.05) is 32.9 Å². The molecule has 2 aliphatic heterocycles. The van der Waals surface area contributed by atoms with E-state index in [1.807, 2.05) is 11.6 Å². The van der Waals surface area contributed by atoms with Gasteiger partial charge in [0.05, 0.1) is 26.4 Å². The van der Waals surface area contributed by atoms with E-state index >= 15 is 0 Å². The molecule has 0 radical (unpaired) electrons. The fourth-order valence-electron chi connectivity index (χ4n) is 3.77. The summed E-state index contributed by atoms with van der Waals surface area (Å²) in [5.41, 5.74) is 2.46. The van der Waals surface area contributed by atoms with Crippen LogP contribution in [0.1, 0.15) is 30.7 Å². The van der Waals surface area contributed by atoms with Crippen molar-refractivity contribution in [1.82, 2.24) is 19.7 Å². The van der Waals surface area contributed by atoms with Crippen LogP contribution in [0.4, 0.5) is 0 Å². The third-order valence-electron chi connectivity index (χ3n) is 5.11. The number of nitrogens with zero attached hydrogens (tertiary/aromatic N) is 4. The molecule has 0 bridgehead atoms. The van der Waals surface area contributed by atoms with Gasteiger partial charge in [0.2, 0.25) is 0 Å². The molecule has 0 saturated carbocycles. The van der Waals surface area contributed by atoms with Crippen molar-refractivity contribution in [3.05, 3.63) is 35.7 Å². The molecule has 2 fully saturated rings. The molecule has 2 saturated heterocycles. The maximum absolute atomic E-state index is 5.77. The average Bonchev–Trinajstić information content (AvgIpc) is 3.04. The minimum atomic E-state index is 0.0435. The third-order valence-corrected chi connectivity index (χ3v) is 5.11. The molecule has 2 aliphatic rings. The Morgan fingerprint density at radius 3 is 2.62 bits per heavy atom. The highest BCUT2D eigenvalue weighted by Crippen LogP contribution is 2.21. The summed E-state index contributed by atoms with van der Waals surface area (Å²) >= 11 is 0. The predicted molar refractivity (Wildman–Crippen MR) is 99.9 cm³/mol. The zero-order chi connectivity index (χ0) is 17.8. The van der Waals surface area contributed by atoms with Crippen LogP contribution in [0.25, 0.3) is 11.4 Å². The fourth-order valence-corrected chi connectivity index (χ4v) is 3.77. The van der Waals surface area contributed by atoms with Crippen molar-refractivity contribution in [2.24, 2.45) is 0 Å². The fraction of sp³-hybridized carbons (Fsp3) is 0.600. The summed E-state index contributed by atoms with van der Waals surface area (Å²) in [6, 6.07) is 8.77. The Morgan fingerprint density at radius 1 is 1.08 bits per heavy atom. The molecule has 1 aromatic heterocycles. The van der Waals surface area contributed by atoms with Crippen LogP contribution in [0.5, 0.6) is 0 Å². The highest BCUT2D eigenvalue weighted by molar-refractivity contribution is 5.55. The van der Waals surface area contributed by atoms with Crippen LogP contribution < -0.4 is 0 Å². The molecule has 6 nitrogen and oxygen atoms in total. The Bertz CT molecular complexity index is 701. The lowest BCUT2D eigenvalue weighted by molar-refractivity contribution is -0.0945. The maximum atomic E-state index is 5.77. The number of ether oxygens (including phenoxy) is 2. The monoisotopic (exact) mass is 356 g/mol. The highest BCUT2D eigenvalue weighted by Gasteiger charge is 2.19. The number of aryl methyl sites for hydroxylation is 1. The minimum Gasteiger partial charge on any atom is -0.376 e. The summed E-state index contributed by atoms with van der Waals surface area (Å²) in [4.78, 5) is 7.18. The molecule has 2 aromatic rings. The van der Waals surface area contributed by atoms with Gasteiger partial charge in [-0.3, -0.25) is 4.90 Å². The maximum Gasteiger partial charge on any atom is 0.158 e. The lowest BCUT2D eigenvalue weighted by Gasteiger charge is -2.26. The molecule has 140 valence electrons. The summed E-state index contributed by atoms with van der Waals surface area (Å²) in [6.45, 7) is 8.04. The van der Waals surface area contributed by atoms with Crippen LogP contribution in [0.2, 0.25) is 0 Å². The number of piperidine rings is 1. The molecule has 0 aliphatic carbocycles. The molecule has 0 N–H and O–H groups in total. The molecular formula is C20H28N4O2. The van der Waals surface area contributed by atoms with E-state index in [2.05, 4.69) is 39.2 Å². The second kappa shape index (κ2) is 8.29. The molecule has 6 heteroatoms. The number of hydrogen-bond acceptors (Lipinski definition) is 5. The zero-order valence-electron chi connectivity index (χ0n) is 15.6. The van der Waals surface area contributed by atoms with Gasteiger partial charge < -0.3 is 9.47 Å². The lowest BCUT2D eigenvalue weighted by Crippen LogP contribution is -2.32. The van der Waals surface area contributed by atoms with E-state index < -0.39 is 0 Å². The summed E-state index contributed by atoms with van der Waals surface area (Å²) in [6.07, 6.45) is 4.07. The Hall–Kier alpha value is -1.76. The summed E-state index contributed by atoms with van der Waals surface area (Å²) in [5.74, 6) is 1.69. The van der Waals surface area contributed by atoms with Gasteiger partial charge in [0.1, 0.15) is 11.9 Å². The first-order chi connectivity index (χ1) is 12.8. The standard InChI is InChI=1S/C20H28N4O2/c1-16-21-20(24(22-16)14-19-15-25-11-12-26-19)18-7-5-17(6-8-18)13-23-9-3-2-4-10-23/h5-8,19H,2-4,9-15H2,1H3. The van der Waals surface area contributed by atoms with Gasteiger partial charge in [0, 0.05) is 12.1 Å². The van der Waals surface area contributed by atoms with Crippen LogP contribution in [-0.4, -0.2) is 58.7 Å². The van der Waals surface area contributed by atoms with E-state index in [0.29, 0.717) is 26.4 Å². The summed E-state index contributed by atoms with van der Waals surface area (Å²) < 4.78 is 13.2. The number of rotatable bonds is 5. The normalized spacial score (nSPS) is 21.8. The molecule has 3 heterocycles. The Morgan fingerprint density at radius 2 is 1.88 bits per heavy atom. The summed E-state index contributed by atoms with van der Waals surface area (Å²) in [7, 11) is 0. The van der Waals surface area contributed by atoms with Gasteiger partial charge in [0.25, 0.3) is 0 Å². The number of aromatic nitrogens is 3. The van der Waals surface area contributed by atoms with Gasteiger partial charge in [-0.05, 0) is 38.4 Å². The Kier molecular flexibility index (Phi) is 5.62. The van der Waals surface area contributed by atoms with Crippen LogP contribution in [0, 0.1) is 6.92 Å². The average molecular weight is 356 g/mol. The molecular weight excluding hydrogens is 328 g/mol. The zero-order valence-corrected chi connectivity index (χ0v) is 15.6. The van der Waals surface area contributed by atoms with E-state index in [1.54, 1.807) is 0 Å². The Labute approximate surface area is 155 Å². The highest BCUT2D eigenvalue weighted by atomic mass is 16.6. The van der Waals surface area contributed by atoms with Crippen molar-refractivity contribution < 1.29 is 9.47 Å². The molecule has 4 rings (SSSR count). The second-order valence-electron chi connectivity index (χ2n) is 7.27. The molecule has 1 unspecified atom stereocenters. The van der Waals surface area contributed by atoms with Crippen LogP contribution in [0.3, 0.4) is 0 Å². The molecule has 0 spiro atoms. The molecule has 1 atom stereocenters. The van der Waals surface area contributed by atoms with Crippen molar-refractivity contribution in [3.63, 3.8) is 0 Å². The van der Waals surface area contributed by atoms with E-state index in [0.717, 1.165) is 23.8 Å². The number of benzene rings is 1. The van der Waals surface area contributed by atoms with Gasteiger partial charge in [0.15, 0.2) is 5.82 Å². The summed E-state index contributed by atoms with van der Waals surface area (Å²) in [5, 5.41) is 4.56. The van der Waals surface area contributed by atoms with Crippen molar-refractivity contribution in [3.8, 4) is 11.4 Å².